The van der Waals surface area contributed by atoms with E-state index in [1.165, 1.54) is 6.33 Å². The lowest BCUT2D eigenvalue weighted by atomic mass is 10.1. The molecule has 0 N–H and O–H groups in total. The van der Waals surface area contributed by atoms with Gasteiger partial charge in [0.05, 0.1) is 19.2 Å². The van der Waals surface area contributed by atoms with Crippen LogP contribution in [0.1, 0.15) is 10.8 Å². The lowest BCUT2D eigenvalue weighted by Crippen LogP contribution is -2.01. The monoisotopic (exact) mass is 377 g/mol. The van der Waals surface area contributed by atoms with Crippen LogP contribution in [0.4, 0.5) is 0 Å². The third-order valence-corrected chi connectivity index (χ3v) is 5.26. The number of nitrogens with zero attached hydrogens (tertiary/aromatic N) is 7. The summed E-state index contributed by atoms with van der Waals surface area (Å²) in [5, 5.41) is 7.26. The molecule has 0 fully saturated rings. The van der Waals surface area contributed by atoms with E-state index in [0.29, 0.717) is 12.4 Å². The molecular weight excluding hydrogens is 362 g/mol. The van der Waals surface area contributed by atoms with Gasteiger partial charge in [0.15, 0.2) is 5.65 Å². The van der Waals surface area contributed by atoms with Crippen molar-refractivity contribution in [1.82, 2.24) is 34.1 Å². The van der Waals surface area contributed by atoms with Gasteiger partial charge in [0.2, 0.25) is 5.88 Å². The van der Waals surface area contributed by atoms with E-state index >= 15 is 0 Å². The van der Waals surface area contributed by atoms with Gasteiger partial charge in [-0.3, -0.25) is 0 Å². The Hall–Kier alpha value is -3.33. The normalized spacial score (nSPS) is 11.5. The van der Waals surface area contributed by atoms with Crippen molar-refractivity contribution in [2.75, 3.05) is 7.11 Å². The molecule has 5 heterocycles. The van der Waals surface area contributed by atoms with E-state index in [9.17, 15) is 0 Å². The Balaban J connectivity index is 1.69. The van der Waals surface area contributed by atoms with Crippen LogP contribution in [-0.4, -0.2) is 41.2 Å². The average Bonchev–Trinajstić information content (AvgIpc) is 3.41. The Morgan fingerprint density at radius 1 is 1.22 bits per heavy atom. The molecule has 0 aliphatic rings. The number of ether oxygens (including phenoxy) is 1. The molecule has 0 atom stereocenters. The summed E-state index contributed by atoms with van der Waals surface area (Å²) in [5.74, 6) is 1.44. The average molecular weight is 377 g/mol. The highest BCUT2D eigenvalue weighted by atomic mass is 32.1. The number of fused-ring (bicyclic) bond motifs is 2. The maximum absolute atomic E-state index is 5.42. The Labute approximate surface area is 158 Å². The molecule has 5 aromatic rings. The molecule has 5 aromatic heterocycles. The highest BCUT2D eigenvalue weighted by Gasteiger charge is 2.16. The third-order valence-electron chi connectivity index (χ3n) is 4.50. The first-order valence-corrected chi connectivity index (χ1v) is 9.20. The molecule has 27 heavy (non-hydrogen) atoms. The smallest absolute Gasteiger partial charge is 0.241 e. The largest absolute Gasteiger partial charge is 0.479 e. The van der Waals surface area contributed by atoms with Crippen LogP contribution in [-0.2, 0) is 6.54 Å². The molecule has 134 valence electrons. The van der Waals surface area contributed by atoms with Gasteiger partial charge < -0.3 is 9.30 Å². The first-order valence-electron chi connectivity index (χ1n) is 8.32. The lowest BCUT2D eigenvalue weighted by Gasteiger charge is -2.07. The summed E-state index contributed by atoms with van der Waals surface area (Å²) in [7, 11) is 1.60. The molecule has 0 aliphatic carbocycles. The highest BCUT2D eigenvalue weighted by Crippen LogP contribution is 2.31. The second-order valence-electron chi connectivity index (χ2n) is 6.03. The molecule has 0 aromatic carbocycles. The number of methoxy groups -OCH3 is 1. The summed E-state index contributed by atoms with van der Waals surface area (Å²) < 4.78 is 9.31. The van der Waals surface area contributed by atoms with Crippen molar-refractivity contribution in [3.63, 3.8) is 0 Å². The Morgan fingerprint density at radius 3 is 2.96 bits per heavy atom. The standard InChI is InChI=1S/C18H15N7OS/c1-11-23-17-14(24(11)9-15-19-4-6-27-15)7-12(8-20-17)13-3-5-25-16(13)18(26-2)21-10-22-25/h3-8,10H,9H2,1-2H3. The van der Waals surface area contributed by atoms with Crippen molar-refractivity contribution in [3.8, 4) is 17.0 Å². The van der Waals surface area contributed by atoms with Gasteiger partial charge in [-0.1, -0.05) is 0 Å². The fourth-order valence-electron chi connectivity index (χ4n) is 3.24. The van der Waals surface area contributed by atoms with Crippen LogP contribution in [0.25, 0.3) is 27.8 Å². The number of thiazole rings is 1. The van der Waals surface area contributed by atoms with Crippen molar-refractivity contribution < 1.29 is 4.74 Å². The Morgan fingerprint density at radius 2 is 2.15 bits per heavy atom. The van der Waals surface area contributed by atoms with Crippen molar-refractivity contribution in [2.24, 2.45) is 0 Å². The molecule has 0 unspecified atom stereocenters. The van der Waals surface area contributed by atoms with Crippen LogP contribution in [0.2, 0.25) is 0 Å². The number of pyridine rings is 1. The highest BCUT2D eigenvalue weighted by molar-refractivity contribution is 7.09. The van der Waals surface area contributed by atoms with E-state index in [1.807, 2.05) is 37.0 Å². The Bertz CT molecular complexity index is 1260. The topological polar surface area (TPSA) is 83.0 Å². The van der Waals surface area contributed by atoms with Gasteiger partial charge in [-0.25, -0.2) is 19.5 Å². The number of imidazole rings is 1. The number of hydrogen-bond acceptors (Lipinski definition) is 7. The van der Waals surface area contributed by atoms with Crippen LogP contribution in [0.5, 0.6) is 5.88 Å². The molecule has 0 radical (unpaired) electrons. The number of aryl methyl sites for hydroxylation is 1. The van der Waals surface area contributed by atoms with Crippen LogP contribution in [0.3, 0.4) is 0 Å². The summed E-state index contributed by atoms with van der Waals surface area (Å²) in [5.41, 5.74) is 4.42. The second-order valence-corrected chi connectivity index (χ2v) is 7.01. The number of rotatable bonds is 4. The first-order chi connectivity index (χ1) is 13.2. The van der Waals surface area contributed by atoms with Crippen molar-refractivity contribution >= 4 is 28.0 Å². The Kier molecular flexibility index (Phi) is 3.61. The zero-order chi connectivity index (χ0) is 18.4. The van der Waals surface area contributed by atoms with Gasteiger partial charge in [-0.15, -0.1) is 11.3 Å². The molecule has 0 spiro atoms. The molecular formula is C18H15N7OS. The summed E-state index contributed by atoms with van der Waals surface area (Å²) in [6.45, 7) is 2.66. The minimum atomic E-state index is 0.526. The quantitative estimate of drug-likeness (QED) is 0.479. The minimum absolute atomic E-state index is 0.526. The fourth-order valence-corrected chi connectivity index (χ4v) is 3.84. The maximum Gasteiger partial charge on any atom is 0.241 e. The van der Waals surface area contributed by atoms with Gasteiger partial charge >= 0.3 is 0 Å². The van der Waals surface area contributed by atoms with Gasteiger partial charge in [0.25, 0.3) is 0 Å². The van der Waals surface area contributed by atoms with Gasteiger partial charge in [0.1, 0.15) is 22.7 Å². The zero-order valence-electron chi connectivity index (χ0n) is 14.7. The SMILES string of the molecule is COc1ncnn2ccc(-c3cnc4nc(C)n(Cc5nccs5)c4c3)c12. The summed E-state index contributed by atoms with van der Waals surface area (Å²) in [6, 6.07) is 4.08. The van der Waals surface area contributed by atoms with Gasteiger partial charge in [0, 0.05) is 35.1 Å². The zero-order valence-corrected chi connectivity index (χ0v) is 15.5. The summed E-state index contributed by atoms with van der Waals surface area (Å²) >= 11 is 1.63. The molecule has 0 saturated heterocycles. The van der Waals surface area contributed by atoms with E-state index in [0.717, 1.165) is 38.6 Å². The molecule has 0 amide bonds. The lowest BCUT2D eigenvalue weighted by molar-refractivity contribution is 0.399. The van der Waals surface area contributed by atoms with Crippen LogP contribution in [0, 0.1) is 6.92 Å². The van der Waals surface area contributed by atoms with Gasteiger partial charge in [-0.2, -0.15) is 10.1 Å². The van der Waals surface area contributed by atoms with E-state index in [1.54, 1.807) is 23.0 Å². The molecule has 9 heteroatoms. The van der Waals surface area contributed by atoms with Gasteiger partial charge in [-0.05, 0) is 19.1 Å². The van der Waals surface area contributed by atoms with E-state index in [4.69, 9.17) is 4.74 Å². The molecule has 0 saturated carbocycles. The minimum Gasteiger partial charge on any atom is -0.479 e. The van der Waals surface area contributed by atoms with Crippen LogP contribution >= 0.6 is 11.3 Å². The fraction of sp³-hybridized carbons (Fsp3) is 0.167. The van der Waals surface area contributed by atoms with E-state index < -0.39 is 0 Å². The second kappa shape index (κ2) is 6.13. The predicted octanol–water partition coefficient (Wildman–Crippen LogP) is 2.96. The molecule has 8 nitrogen and oxygen atoms in total. The molecule has 0 bridgehead atoms. The predicted molar refractivity (Wildman–Crippen MR) is 102 cm³/mol. The van der Waals surface area contributed by atoms with Crippen molar-refractivity contribution in [3.05, 3.63) is 53.3 Å². The maximum atomic E-state index is 5.42. The number of aromatic nitrogens is 7. The van der Waals surface area contributed by atoms with Crippen molar-refractivity contribution in [2.45, 2.75) is 13.5 Å². The molecule has 0 aliphatic heterocycles. The summed E-state index contributed by atoms with van der Waals surface area (Å²) in [4.78, 5) is 17.8. The van der Waals surface area contributed by atoms with Crippen LogP contribution in [0.15, 0.2) is 42.4 Å². The first kappa shape index (κ1) is 15.9. The molecule has 5 rings (SSSR count). The van der Waals surface area contributed by atoms with Crippen molar-refractivity contribution in [1.29, 1.82) is 0 Å². The number of hydrogen-bond donors (Lipinski definition) is 0. The summed E-state index contributed by atoms with van der Waals surface area (Å²) in [6.07, 6.45) is 7.00. The van der Waals surface area contributed by atoms with E-state index in [2.05, 4.69) is 35.7 Å². The van der Waals surface area contributed by atoms with Crippen LogP contribution < -0.4 is 4.74 Å². The van der Waals surface area contributed by atoms with E-state index in [-0.39, 0.29) is 0 Å². The third kappa shape index (κ3) is 2.55.